The van der Waals surface area contributed by atoms with Gasteiger partial charge in [-0.3, -0.25) is 0 Å². The van der Waals surface area contributed by atoms with E-state index >= 15 is 0 Å². The third-order valence-corrected chi connectivity index (χ3v) is 1.85. The smallest absolute Gasteiger partial charge is 0.0666 e. The molecule has 0 unspecified atom stereocenters. The fraction of sp³-hybridized carbons (Fsp3) is 0.667. The average Bonchev–Trinajstić information content (AvgIpc) is 2.71. The number of nitriles is 1. The van der Waals surface area contributed by atoms with Crippen molar-refractivity contribution >= 4 is 0 Å². The highest BCUT2D eigenvalue weighted by Crippen LogP contribution is 2.32. The van der Waals surface area contributed by atoms with E-state index in [0.717, 1.165) is 12.3 Å². The number of rotatable bonds is 3. The maximum Gasteiger partial charge on any atom is 0.0666 e. The molecule has 1 rings (SSSR count). The molecule has 0 aromatic carbocycles. The second-order valence-electron chi connectivity index (χ2n) is 2.85. The Bertz CT molecular complexity index is 170. The minimum absolute atomic E-state index is 0.632. The van der Waals surface area contributed by atoms with Crippen LogP contribution in [0.15, 0.2) is 11.6 Å². The Morgan fingerprint density at radius 2 is 2.40 bits per heavy atom. The largest absolute Gasteiger partial charge is 0.198 e. The topological polar surface area (TPSA) is 23.8 Å². The van der Waals surface area contributed by atoms with Crippen LogP contribution < -0.4 is 0 Å². The summed E-state index contributed by atoms with van der Waals surface area (Å²) in [5.74, 6) is 0.822. The molecule has 1 fully saturated rings. The second-order valence-corrected chi connectivity index (χ2v) is 2.85. The van der Waals surface area contributed by atoms with Crippen molar-refractivity contribution in [2.75, 3.05) is 0 Å². The molecule has 1 aliphatic carbocycles. The van der Waals surface area contributed by atoms with Gasteiger partial charge in [0.05, 0.1) is 12.5 Å². The molecule has 1 nitrogen and oxygen atoms in total. The summed E-state index contributed by atoms with van der Waals surface area (Å²) in [6, 6.07) is 2.18. The molecule has 0 N–H and O–H groups in total. The molecule has 10 heavy (non-hydrogen) atoms. The van der Waals surface area contributed by atoms with Gasteiger partial charge in [0.2, 0.25) is 0 Å². The van der Waals surface area contributed by atoms with E-state index in [0.29, 0.717) is 6.42 Å². The van der Waals surface area contributed by atoms with Gasteiger partial charge in [-0.2, -0.15) is 5.26 Å². The molecule has 0 bridgehead atoms. The molecule has 54 valence electrons. The van der Waals surface area contributed by atoms with E-state index in [1.165, 1.54) is 18.4 Å². The minimum Gasteiger partial charge on any atom is -0.198 e. The first-order valence-electron chi connectivity index (χ1n) is 3.93. The molecule has 0 atom stereocenters. The van der Waals surface area contributed by atoms with Gasteiger partial charge in [0, 0.05) is 0 Å². The highest BCUT2D eigenvalue weighted by Gasteiger charge is 2.18. The van der Waals surface area contributed by atoms with Crippen molar-refractivity contribution in [3.8, 4) is 6.07 Å². The SMILES string of the molecule is CCC(=CC1CC1)CC#N. The predicted octanol–water partition coefficient (Wildman–Crippen LogP) is 2.65. The number of nitrogens with zero attached hydrogens (tertiary/aromatic N) is 1. The lowest BCUT2D eigenvalue weighted by atomic mass is 10.1. The quantitative estimate of drug-likeness (QED) is 0.546. The summed E-state index contributed by atoms with van der Waals surface area (Å²) in [5, 5.41) is 8.41. The Hall–Kier alpha value is -0.770. The van der Waals surface area contributed by atoms with Crippen LogP contribution in [-0.4, -0.2) is 0 Å². The van der Waals surface area contributed by atoms with Crippen LogP contribution in [0, 0.1) is 17.2 Å². The summed E-state index contributed by atoms with van der Waals surface area (Å²) in [5.41, 5.74) is 1.32. The van der Waals surface area contributed by atoms with Gasteiger partial charge < -0.3 is 0 Å². The summed E-state index contributed by atoms with van der Waals surface area (Å²) >= 11 is 0. The molecule has 0 radical (unpaired) electrons. The summed E-state index contributed by atoms with van der Waals surface area (Å²) in [4.78, 5) is 0. The Morgan fingerprint density at radius 3 is 2.80 bits per heavy atom. The lowest BCUT2D eigenvalue weighted by Gasteiger charge is -1.95. The van der Waals surface area contributed by atoms with Crippen LogP contribution in [0.5, 0.6) is 0 Å². The van der Waals surface area contributed by atoms with Gasteiger partial charge in [-0.1, -0.05) is 18.6 Å². The van der Waals surface area contributed by atoms with E-state index in [2.05, 4.69) is 19.1 Å². The van der Waals surface area contributed by atoms with Gasteiger partial charge in [-0.25, -0.2) is 0 Å². The molecule has 0 amide bonds. The first-order chi connectivity index (χ1) is 4.86. The maximum atomic E-state index is 8.41. The predicted molar refractivity (Wildman–Crippen MR) is 41.3 cm³/mol. The molecule has 0 aromatic heterocycles. The van der Waals surface area contributed by atoms with E-state index < -0.39 is 0 Å². The van der Waals surface area contributed by atoms with Crippen LogP contribution in [0.25, 0.3) is 0 Å². The zero-order valence-electron chi connectivity index (χ0n) is 6.43. The fourth-order valence-electron chi connectivity index (χ4n) is 1.000. The summed E-state index contributed by atoms with van der Waals surface area (Å²) in [7, 11) is 0. The lowest BCUT2D eigenvalue weighted by molar-refractivity contribution is 0.980. The Balaban J connectivity index is 2.38. The Morgan fingerprint density at radius 1 is 1.70 bits per heavy atom. The van der Waals surface area contributed by atoms with Crippen molar-refractivity contribution in [1.82, 2.24) is 0 Å². The second kappa shape index (κ2) is 3.41. The van der Waals surface area contributed by atoms with Crippen molar-refractivity contribution in [1.29, 1.82) is 5.26 Å². The molecular weight excluding hydrogens is 122 g/mol. The maximum absolute atomic E-state index is 8.41. The first-order valence-corrected chi connectivity index (χ1v) is 3.93. The summed E-state index contributed by atoms with van der Waals surface area (Å²) in [6.45, 7) is 2.12. The molecule has 1 aliphatic rings. The average molecular weight is 135 g/mol. The molecule has 0 spiro atoms. The molecule has 0 saturated heterocycles. The lowest BCUT2D eigenvalue weighted by Crippen LogP contribution is -1.79. The van der Waals surface area contributed by atoms with E-state index in [4.69, 9.17) is 5.26 Å². The third kappa shape index (κ3) is 2.23. The summed E-state index contributed by atoms with van der Waals surface area (Å²) in [6.07, 6.45) is 6.64. The monoisotopic (exact) mass is 135 g/mol. The molecule has 1 saturated carbocycles. The van der Waals surface area contributed by atoms with Gasteiger partial charge in [0.15, 0.2) is 0 Å². The van der Waals surface area contributed by atoms with Gasteiger partial charge in [-0.15, -0.1) is 0 Å². The van der Waals surface area contributed by atoms with Gasteiger partial charge in [0.1, 0.15) is 0 Å². The molecular formula is C9H13N. The highest BCUT2D eigenvalue weighted by atomic mass is 14.3. The van der Waals surface area contributed by atoms with Gasteiger partial charge >= 0.3 is 0 Å². The fourth-order valence-corrected chi connectivity index (χ4v) is 1.000. The Labute approximate surface area is 62.4 Å². The van der Waals surface area contributed by atoms with E-state index in [1.54, 1.807) is 0 Å². The minimum atomic E-state index is 0.632. The molecule has 1 heteroatoms. The standard InChI is InChI=1S/C9H13N/c1-2-8(5-6-10)7-9-3-4-9/h7,9H,2-5H2,1H3. The van der Waals surface area contributed by atoms with Crippen LogP contribution in [-0.2, 0) is 0 Å². The number of hydrogen-bond acceptors (Lipinski definition) is 1. The zero-order chi connectivity index (χ0) is 7.40. The molecule has 0 aliphatic heterocycles. The Kier molecular flexibility index (Phi) is 2.50. The number of hydrogen-bond donors (Lipinski definition) is 0. The van der Waals surface area contributed by atoms with Crippen LogP contribution in [0.1, 0.15) is 32.6 Å². The third-order valence-electron chi connectivity index (χ3n) is 1.85. The molecule has 0 aromatic rings. The summed E-state index contributed by atoms with van der Waals surface area (Å²) < 4.78 is 0. The van der Waals surface area contributed by atoms with Crippen LogP contribution in [0.3, 0.4) is 0 Å². The van der Waals surface area contributed by atoms with Crippen molar-refractivity contribution in [2.45, 2.75) is 32.6 Å². The van der Waals surface area contributed by atoms with Crippen molar-refractivity contribution in [3.63, 3.8) is 0 Å². The van der Waals surface area contributed by atoms with E-state index in [-0.39, 0.29) is 0 Å². The van der Waals surface area contributed by atoms with Gasteiger partial charge in [-0.05, 0) is 25.2 Å². The van der Waals surface area contributed by atoms with Crippen molar-refractivity contribution < 1.29 is 0 Å². The van der Waals surface area contributed by atoms with Crippen LogP contribution in [0.2, 0.25) is 0 Å². The van der Waals surface area contributed by atoms with Crippen LogP contribution >= 0.6 is 0 Å². The molecule has 0 heterocycles. The van der Waals surface area contributed by atoms with Gasteiger partial charge in [0.25, 0.3) is 0 Å². The zero-order valence-corrected chi connectivity index (χ0v) is 6.43. The normalized spacial score (nSPS) is 18.6. The van der Waals surface area contributed by atoms with E-state index in [1.807, 2.05) is 0 Å². The van der Waals surface area contributed by atoms with Crippen LogP contribution in [0.4, 0.5) is 0 Å². The highest BCUT2D eigenvalue weighted by molar-refractivity contribution is 5.11. The van der Waals surface area contributed by atoms with Crippen molar-refractivity contribution in [2.24, 2.45) is 5.92 Å². The number of allylic oxidation sites excluding steroid dienone is 2. The van der Waals surface area contributed by atoms with E-state index in [9.17, 15) is 0 Å². The first kappa shape index (κ1) is 7.34. The van der Waals surface area contributed by atoms with Crippen molar-refractivity contribution in [3.05, 3.63) is 11.6 Å².